The average Bonchev–Trinajstić information content (AvgIpc) is 3.40. The van der Waals surface area contributed by atoms with Gasteiger partial charge in [0.05, 0.1) is 0 Å². The summed E-state index contributed by atoms with van der Waals surface area (Å²) in [5.74, 6) is 1.46. The minimum Gasteiger partial charge on any atom is -0.454 e. The molecule has 5 rings (SSSR count). The lowest BCUT2D eigenvalue weighted by Crippen LogP contribution is -2.25. The van der Waals surface area contributed by atoms with E-state index in [1.165, 1.54) is 22.0 Å². The van der Waals surface area contributed by atoms with Gasteiger partial charge in [-0.1, -0.05) is 54.1 Å². The van der Waals surface area contributed by atoms with Gasteiger partial charge in [-0.05, 0) is 41.8 Å². The molecule has 0 bridgehead atoms. The predicted octanol–water partition coefficient (Wildman–Crippen LogP) is 5.05. The maximum absolute atomic E-state index is 13.1. The van der Waals surface area contributed by atoms with Crippen molar-refractivity contribution in [3.8, 4) is 11.5 Å². The molecule has 0 saturated heterocycles. The van der Waals surface area contributed by atoms with Gasteiger partial charge in [0.1, 0.15) is 0 Å². The number of nitrogens with one attached hydrogen (secondary N) is 1. The van der Waals surface area contributed by atoms with E-state index < -0.39 is 0 Å². The predicted molar refractivity (Wildman–Crippen MR) is 125 cm³/mol. The summed E-state index contributed by atoms with van der Waals surface area (Å²) in [5.41, 5.74) is 5.67. The first kappa shape index (κ1) is 20.2. The highest BCUT2D eigenvalue weighted by Crippen LogP contribution is 2.35. The van der Waals surface area contributed by atoms with Gasteiger partial charge in [0.25, 0.3) is 0 Å². The highest BCUT2D eigenvalue weighted by atomic mass is 16.7. The number of carbonyl (C=O) groups is 1. The fourth-order valence-electron chi connectivity index (χ4n) is 4.45. The van der Waals surface area contributed by atoms with E-state index in [0.717, 1.165) is 22.6 Å². The highest BCUT2D eigenvalue weighted by molar-refractivity contribution is 5.86. The van der Waals surface area contributed by atoms with Crippen LogP contribution in [0, 0.1) is 6.92 Å². The van der Waals surface area contributed by atoms with Crippen LogP contribution in [-0.2, 0) is 18.4 Å². The van der Waals surface area contributed by atoms with Crippen molar-refractivity contribution in [3.63, 3.8) is 0 Å². The van der Waals surface area contributed by atoms with Gasteiger partial charge in [0.2, 0.25) is 12.7 Å². The van der Waals surface area contributed by atoms with Gasteiger partial charge in [0.15, 0.2) is 11.5 Å². The summed E-state index contributed by atoms with van der Waals surface area (Å²) in [4.78, 5) is 13.1. The summed E-state index contributed by atoms with van der Waals surface area (Å²) in [7, 11) is 2.05. The Labute approximate surface area is 187 Å². The third-order valence-electron chi connectivity index (χ3n) is 6.06. The number of ether oxygens (including phenoxy) is 2. The van der Waals surface area contributed by atoms with E-state index >= 15 is 0 Å². The van der Waals surface area contributed by atoms with Gasteiger partial charge in [0, 0.05) is 43.0 Å². The molecule has 1 atom stereocenters. The normalized spacial score (nSPS) is 13.3. The molecule has 32 heavy (non-hydrogen) atoms. The summed E-state index contributed by atoms with van der Waals surface area (Å²) in [5, 5.41) is 4.27. The van der Waals surface area contributed by atoms with Crippen molar-refractivity contribution in [3.05, 3.63) is 95.2 Å². The number of para-hydroxylation sites is 1. The van der Waals surface area contributed by atoms with Crippen LogP contribution in [-0.4, -0.2) is 17.3 Å². The van der Waals surface area contributed by atoms with E-state index in [0.29, 0.717) is 13.0 Å². The van der Waals surface area contributed by atoms with Crippen LogP contribution in [0.5, 0.6) is 11.5 Å². The Hall–Kier alpha value is -3.73. The van der Waals surface area contributed by atoms with Gasteiger partial charge in [-0.25, -0.2) is 0 Å². The molecule has 1 amide bonds. The van der Waals surface area contributed by atoms with Gasteiger partial charge in [-0.15, -0.1) is 0 Å². The first-order chi connectivity index (χ1) is 15.6. The Bertz CT molecular complexity index is 1290. The second-order valence-electron chi connectivity index (χ2n) is 8.35. The van der Waals surface area contributed by atoms with Crippen molar-refractivity contribution >= 4 is 16.8 Å². The molecule has 5 heteroatoms. The smallest absolute Gasteiger partial charge is 0.231 e. The maximum Gasteiger partial charge on any atom is 0.231 e. The molecule has 1 aromatic heterocycles. The molecule has 0 saturated carbocycles. The first-order valence-electron chi connectivity index (χ1n) is 10.8. The van der Waals surface area contributed by atoms with Crippen LogP contribution < -0.4 is 14.8 Å². The molecule has 0 radical (unpaired) electrons. The maximum atomic E-state index is 13.1. The minimum absolute atomic E-state index is 0.0158. The zero-order valence-electron chi connectivity index (χ0n) is 18.3. The van der Waals surface area contributed by atoms with Crippen molar-refractivity contribution < 1.29 is 14.3 Å². The molecule has 2 heterocycles. The zero-order valence-corrected chi connectivity index (χ0v) is 18.3. The van der Waals surface area contributed by atoms with Crippen LogP contribution in [0.1, 0.15) is 34.6 Å². The van der Waals surface area contributed by atoms with Crippen molar-refractivity contribution in [2.24, 2.45) is 7.05 Å². The van der Waals surface area contributed by atoms with E-state index in [-0.39, 0.29) is 18.6 Å². The standard InChI is InChI=1S/C27H26N2O3/c1-18-6-5-7-20(12-18)22(23-16-29(2)24-9-4-3-8-21(23)24)14-27(30)28-15-19-10-11-25-26(13-19)32-17-31-25/h3-13,16,22H,14-15,17H2,1-2H3,(H,28,30). The van der Waals surface area contributed by atoms with Crippen LogP contribution in [0.4, 0.5) is 0 Å². The Balaban J connectivity index is 1.40. The lowest BCUT2D eigenvalue weighted by Gasteiger charge is -2.18. The molecule has 1 aliphatic rings. The van der Waals surface area contributed by atoms with Crippen LogP contribution in [0.25, 0.3) is 10.9 Å². The second-order valence-corrected chi connectivity index (χ2v) is 8.35. The number of hydrogen-bond donors (Lipinski definition) is 1. The Morgan fingerprint density at radius 2 is 1.88 bits per heavy atom. The summed E-state index contributed by atoms with van der Waals surface area (Å²) in [6.45, 7) is 2.78. The summed E-state index contributed by atoms with van der Waals surface area (Å²) in [6.07, 6.45) is 2.53. The SMILES string of the molecule is Cc1cccc(C(CC(=O)NCc2ccc3c(c2)OCO3)c2cn(C)c3ccccc23)c1. The number of benzene rings is 3. The summed E-state index contributed by atoms with van der Waals surface area (Å²) < 4.78 is 12.9. The van der Waals surface area contributed by atoms with Crippen LogP contribution in [0.3, 0.4) is 0 Å². The number of nitrogens with zero attached hydrogens (tertiary/aromatic N) is 1. The third-order valence-corrected chi connectivity index (χ3v) is 6.06. The second kappa shape index (κ2) is 8.42. The Morgan fingerprint density at radius 1 is 1.03 bits per heavy atom. The van der Waals surface area contributed by atoms with E-state index in [1.807, 2.05) is 24.3 Å². The van der Waals surface area contributed by atoms with E-state index in [4.69, 9.17) is 9.47 Å². The molecular formula is C27H26N2O3. The molecular weight excluding hydrogens is 400 g/mol. The number of aryl methyl sites for hydroxylation is 2. The lowest BCUT2D eigenvalue weighted by atomic mass is 9.87. The fourth-order valence-corrected chi connectivity index (χ4v) is 4.45. The van der Waals surface area contributed by atoms with E-state index in [2.05, 4.69) is 72.5 Å². The molecule has 0 spiro atoms. The minimum atomic E-state index is -0.0299. The fraction of sp³-hybridized carbons (Fsp3) is 0.222. The number of aromatic nitrogens is 1. The molecule has 1 aliphatic heterocycles. The molecule has 5 nitrogen and oxygen atoms in total. The third kappa shape index (κ3) is 3.94. The highest BCUT2D eigenvalue weighted by Gasteiger charge is 2.22. The molecule has 3 aromatic carbocycles. The van der Waals surface area contributed by atoms with Crippen molar-refractivity contribution in [1.29, 1.82) is 0 Å². The number of amides is 1. The number of rotatable bonds is 6. The van der Waals surface area contributed by atoms with Crippen molar-refractivity contribution in [2.45, 2.75) is 25.8 Å². The number of carbonyl (C=O) groups excluding carboxylic acids is 1. The molecule has 0 fully saturated rings. The van der Waals surface area contributed by atoms with Crippen LogP contribution >= 0.6 is 0 Å². The quantitative estimate of drug-likeness (QED) is 0.469. The molecule has 4 aromatic rings. The Morgan fingerprint density at radius 3 is 2.75 bits per heavy atom. The molecule has 1 unspecified atom stereocenters. The zero-order chi connectivity index (χ0) is 22.1. The average molecular weight is 427 g/mol. The van der Waals surface area contributed by atoms with E-state index in [1.54, 1.807) is 0 Å². The summed E-state index contributed by atoms with van der Waals surface area (Å²) >= 11 is 0. The largest absolute Gasteiger partial charge is 0.454 e. The monoisotopic (exact) mass is 426 g/mol. The topological polar surface area (TPSA) is 52.5 Å². The van der Waals surface area contributed by atoms with Crippen molar-refractivity contribution in [1.82, 2.24) is 9.88 Å². The van der Waals surface area contributed by atoms with E-state index in [9.17, 15) is 4.79 Å². The summed E-state index contributed by atoms with van der Waals surface area (Å²) in [6, 6.07) is 22.6. The molecule has 1 N–H and O–H groups in total. The first-order valence-corrected chi connectivity index (χ1v) is 10.8. The molecule has 0 aliphatic carbocycles. The van der Waals surface area contributed by atoms with Crippen molar-refractivity contribution in [2.75, 3.05) is 6.79 Å². The van der Waals surface area contributed by atoms with Gasteiger partial charge in [-0.2, -0.15) is 0 Å². The lowest BCUT2D eigenvalue weighted by molar-refractivity contribution is -0.121. The van der Waals surface area contributed by atoms with Gasteiger partial charge < -0.3 is 19.4 Å². The van der Waals surface area contributed by atoms with Crippen LogP contribution in [0.15, 0.2) is 72.9 Å². The Kier molecular flexibility index (Phi) is 5.31. The number of fused-ring (bicyclic) bond motifs is 2. The molecule has 162 valence electrons. The van der Waals surface area contributed by atoms with Gasteiger partial charge >= 0.3 is 0 Å². The van der Waals surface area contributed by atoms with Gasteiger partial charge in [-0.3, -0.25) is 4.79 Å². The van der Waals surface area contributed by atoms with Crippen LogP contribution in [0.2, 0.25) is 0 Å². The number of hydrogen-bond acceptors (Lipinski definition) is 3.